The van der Waals surface area contributed by atoms with Crippen LogP contribution < -0.4 is 0 Å². The zero-order chi connectivity index (χ0) is 14.2. The smallest absolute Gasteiger partial charge is 0.213 e. The number of carbonyl (C=O) groups is 1. The van der Waals surface area contributed by atoms with E-state index in [1.54, 1.807) is 29.1 Å². The molecule has 2 rings (SSSR count). The Balaban J connectivity index is 2.56. The Bertz CT molecular complexity index is 638. The first-order valence-electron chi connectivity index (χ1n) is 5.65. The highest BCUT2D eigenvalue weighted by Crippen LogP contribution is 2.30. The number of benzene rings is 1. The topological polar surface area (TPSA) is 34.9 Å². The number of hydrogen-bond donors (Lipinski definition) is 0. The van der Waals surface area contributed by atoms with Gasteiger partial charge in [0.25, 0.3) is 0 Å². The van der Waals surface area contributed by atoms with Crippen molar-refractivity contribution < 1.29 is 4.79 Å². The van der Waals surface area contributed by atoms with Crippen molar-refractivity contribution in [2.75, 3.05) is 0 Å². The monoisotopic (exact) mass is 360 g/mol. The van der Waals surface area contributed by atoms with Crippen molar-refractivity contribution in [3.8, 4) is 0 Å². The Kier molecular flexibility index (Phi) is 4.33. The lowest BCUT2D eigenvalue weighted by atomic mass is 10.1. The second-order valence-electron chi connectivity index (χ2n) is 4.31. The molecule has 2 aromatic rings. The average Bonchev–Trinajstić information content (AvgIpc) is 2.74. The molecular formula is C13H11BrCl2N2O. The number of carbonyl (C=O) groups excluding carboxylic acids is 1. The van der Waals surface area contributed by atoms with Crippen LogP contribution in [0.1, 0.15) is 35.9 Å². The van der Waals surface area contributed by atoms with E-state index in [-0.39, 0.29) is 16.8 Å². The van der Waals surface area contributed by atoms with E-state index in [0.29, 0.717) is 20.8 Å². The van der Waals surface area contributed by atoms with Crippen molar-refractivity contribution >= 4 is 44.9 Å². The summed E-state index contributed by atoms with van der Waals surface area (Å²) in [7, 11) is 0. The fourth-order valence-electron chi connectivity index (χ4n) is 1.75. The van der Waals surface area contributed by atoms with Crippen molar-refractivity contribution in [1.29, 1.82) is 0 Å². The van der Waals surface area contributed by atoms with Gasteiger partial charge in [-0.25, -0.2) is 0 Å². The molecule has 0 aliphatic rings. The highest BCUT2D eigenvalue weighted by atomic mass is 79.9. The van der Waals surface area contributed by atoms with E-state index in [1.165, 1.54) is 0 Å². The normalized spacial score (nSPS) is 11.1. The van der Waals surface area contributed by atoms with Crippen molar-refractivity contribution in [2.24, 2.45) is 0 Å². The summed E-state index contributed by atoms with van der Waals surface area (Å²) in [4.78, 5) is 12.6. The summed E-state index contributed by atoms with van der Waals surface area (Å²) in [6.45, 7) is 3.91. The maximum absolute atomic E-state index is 12.6. The lowest BCUT2D eigenvalue weighted by molar-refractivity contribution is 0.102. The van der Waals surface area contributed by atoms with Gasteiger partial charge in [-0.05, 0) is 41.9 Å². The van der Waals surface area contributed by atoms with Crippen molar-refractivity contribution in [2.45, 2.75) is 19.9 Å². The summed E-state index contributed by atoms with van der Waals surface area (Å²) in [6, 6.07) is 5.07. The summed E-state index contributed by atoms with van der Waals surface area (Å²) in [5, 5.41) is 4.81. The molecule has 0 aliphatic heterocycles. The summed E-state index contributed by atoms with van der Waals surface area (Å²) < 4.78 is 2.30. The predicted molar refractivity (Wildman–Crippen MR) is 80.2 cm³/mol. The molecule has 0 N–H and O–H groups in total. The minimum absolute atomic E-state index is 0.0724. The van der Waals surface area contributed by atoms with Crippen LogP contribution in [-0.2, 0) is 0 Å². The van der Waals surface area contributed by atoms with Gasteiger partial charge in [0.2, 0.25) is 5.78 Å². The second kappa shape index (κ2) is 5.65. The number of aromatic nitrogens is 2. The summed E-state index contributed by atoms with van der Waals surface area (Å²) in [5.74, 6) is -0.203. The number of rotatable bonds is 3. The van der Waals surface area contributed by atoms with E-state index >= 15 is 0 Å². The SMILES string of the molecule is CC(C)n1ncc(Br)c1C(=O)c1cccc(Cl)c1Cl. The van der Waals surface area contributed by atoms with Crippen LogP contribution in [0.4, 0.5) is 0 Å². The standard InChI is InChI=1S/C13H11BrCl2N2O/c1-7(2)18-12(9(14)6-17-18)13(19)8-4-3-5-10(15)11(8)16/h3-7H,1-2H3. The van der Waals surface area contributed by atoms with E-state index in [0.717, 1.165) is 0 Å². The first-order valence-corrected chi connectivity index (χ1v) is 7.20. The van der Waals surface area contributed by atoms with E-state index < -0.39 is 0 Å². The summed E-state index contributed by atoms with van der Waals surface area (Å²) >= 11 is 15.4. The predicted octanol–water partition coefficient (Wildman–Crippen LogP) is 4.76. The summed E-state index contributed by atoms with van der Waals surface area (Å²) in [6.07, 6.45) is 1.60. The maximum Gasteiger partial charge on any atom is 0.213 e. The van der Waals surface area contributed by atoms with Gasteiger partial charge in [0.15, 0.2) is 0 Å². The number of halogens is 3. The van der Waals surface area contributed by atoms with Crippen LogP contribution in [0, 0.1) is 0 Å². The first kappa shape index (κ1) is 14.6. The quantitative estimate of drug-likeness (QED) is 0.738. The lowest BCUT2D eigenvalue weighted by Gasteiger charge is -2.11. The summed E-state index contributed by atoms with van der Waals surface area (Å²) in [5.41, 5.74) is 0.844. The van der Waals surface area contributed by atoms with Gasteiger partial charge >= 0.3 is 0 Å². The highest BCUT2D eigenvalue weighted by molar-refractivity contribution is 9.10. The molecule has 1 heterocycles. The van der Waals surface area contributed by atoms with Gasteiger partial charge in [0, 0.05) is 11.6 Å². The Morgan fingerprint density at radius 2 is 2.05 bits per heavy atom. The Morgan fingerprint density at radius 1 is 1.37 bits per heavy atom. The molecule has 100 valence electrons. The minimum atomic E-state index is -0.203. The van der Waals surface area contributed by atoms with Gasteiger partial charge in [-0.2, -0.15) is 5.10 Å². The van der Waals surface area contributed by atoms with Gasteiger partial charge in [-0.3, -0.25) is 9.48 Å². The average molecular weight is 362 g/mol. The van der Waals surface area contributed by atoms with E-state index in [9.17, 15) is 4.79 Å². The number of nitrogens with zero attached hydrogens (tertiary/aromatic N) is 2. The van der Waals surface area contributed by atoms with Gasteiger partial charge in [-0.15, -0.1) is 0 Å². The molecule has 0 saturated heterocycles. The van der Waals surface area contributed by atoms with E-state index in [1.807, 2.05) is 13.8 Å². The van der Waals surface area contributed by atoms with Crippen LogP contribution in [-0.4, -0.2) is 15.6 Å². The van der Waals surface area contributed by atoms with Crippen LogP contribution in [0.25, 0.3) is 0 Å². The molecular weight excluding hydrogens is 351 g/mol. The van der Waals surface area contributed by atoms with Crippen LogP contribution >= 0.6 is 39.1 Å². The molecule has 6 heteroatoms. The molecule has 1 aromatic carbocycles. The van der Waals surface area contributed by atoms with Crippen LogP contribution in [0.3, 0.4) is 0 Å². The third-order valence-electron chi connectivity index (χ3n) is 2.65. The molecule has 0 amide bonds. The molecule has 1 aromatic heterocycles. The molecule has 0 aliphatic carbocycles. The molecule has 3 nitrogen and oxygen atoms in total. The minimum Gasteiger partial charge on any atom is -0.287 e. The molecule has 0 atom stereocenters. The van der Waals surface area contributed by atoms with Crippen molar-refractivity contribution in [3.05, 3.63) is 50.2 Å². The van der Waals surface area contributed by atoms with Crippen molar-refractivity contribution in [1.82, 2.24) is 9.78 Å². The molecule has 0 unspecified atom stereocenters. The zero-order valence-corrected chi connectivity index (χ0v) is 13.4. The van der Waals surface area contributed by atoms with Crippen LogP contribution in [0.15, 0.2) is 28.9 Å². The van der Waals surface area contributed by atoms with Gasteiger partial charge in [0.05, 0.1) is 20.7 Å². The number of hydrogen-bond acceptors (Lipinski definition) is 2. The van der Waals surface area contributed by atoms with E-state index in [2.05, 4.69) is 21.0 Å². The third-order valence-corrected chi connectivity index (χ3v) is 4.05. The lowest BCUT2D eigenvalue weighted by Crippen LogP contribution is -2.14. The van der Waals surface area contributed by atoms with Crippen LogP contribution in [0.2, 0.25) is 10.0 Å². The fourth-order valence-corrected chi connectivity index (χ4v) is 2.59. The molecule has 19 heavy (non-hydrogen) atoms. The molecule has 0 bridgehead atoms. The first-order chi connectivity index (χ1) is 8.93. The molecule has 0 spiro atoms. The van der Waals surface area contributed by atoms with Crippen LogP contribution in [0.5, 0.6) is 0 Å². The van der Waals surface area contributed by atoms with E-state index in [4.69, 9.17) is 23.2 Å². The van der Waals surface area contributed by atoms with Gasteiger partial charge in [0.1, 0.15) is 5.69 Å². The molecule has 0 fully saturated rings. The molecule has 0 radical (unpaired) electrons. The Labute approximate surface area is 129 Å². The van der Waals surface area contributed by atoms with Gasteiger partial charge in [-0.1, -0.05) is 29.3 Å². The third kappa shape index (κ3) is 2.71. The number of ketones is 1. The highest BCUT2D eigenvalue weighted by Gasteiger charge is 2.22. The van der Waals surface area contributed by atoms with Crippen molar-refractivity contribution in [3.63, 3.8) is 0 Å². The second-order valence-corrected chi connectivity index (χ2v) is 5.95. The maximum atomic E-state index is 12.6. The largest absolute Gasteiger partial charge is 0.287 e. The fraction of sp³-hybridized carbons (Fsp3) is 0.231. The molecule has 0 saturated carbocycles. The zero-order valence-electron chi connectivity index (χ0n) is 10.3. The Morgan fingerprint density at radius 3 is 2.68 bits per heavy atom. The van der Waals surface area contributed by atoms with Gasteiger partial charge < -0.3 is 0 Å². The Hall–Kier alpha value is -0.840.